The van der Waals surface area contributed by atoms with Crippen molar-refractivity contribution in [3.05, 3.63) is 47.2 Å². The molecular formula is C21H28N2O4. The van der Waals surface area contributed by atoms with Crippen molar-refractivity contribution in [1.29, 1.82) is 0 Å². The van der Waals surface area contributed by atoms with Gasteiger partial charge in [0.25, 0.3) is 5.91 Å². The number of carbonyl (C=O) groups is 2. The summed E-state index contributed by atoms with van der Waals surface area (Å²) in [5.74, 6) is 0.587. The lowest BCUT2D eigenvalue weighted by Gasteiger charge is -2.29. The third-order valence-corrected chi connectivity index (χ3v) is 5.48. The van der Waals surface area contributed by atoms with Gasteiger partial charge in [-0.25, -0.2) is 4.79 Å². The van der Waals surface area contributed by atoms with Gasteiger partial charge < -0.3 is 19.0 Å². The second-order valence-corrected chi connectivity index (χ2v) is 7.46. The Labute approximate surface area is 159 Å². The van der Waals surface area contributed by atoms with Crippen LogP contribution in [0.2, 0.25) is 0 Å². The lowest BCUT2D eigenvalue weighted by atomic mass is 9.86. The van der Waals surface area contributed by atoms with Crippen molar-refractivity contribution in [3.63, 3.8) is 0 Å². The van der Waals surface area contributed by atoms with E-state index in [1.54, 1.807) is 12.3 Å². The highest BCUT2D eigenvalue weighted by atomic mass is 16.5. The van der Waals surface area contributed by atoms with Crippen LogP contribution in [-0.4, -0.2) is 29.1 Å². The van der Waals surface area contributed by atoms with Crippen molar-refractivity contribution in [3.8, 4) is 0 Å². The first-order valence-corrected chi connectivity index (χ1v) is 9.61. The summed E-state index contributed by atoms with van der Waals surface area (Å²) in [4.78, 5) is 24.6. The van der Waals surface area contributed by atoms with E-state index >= 15 is 0 Å². The Morgan fingerprint density at radius 1 is 1.30 bits per heavy atom. The Morgan fingerprint density at radius 3 is 2.78 bits per heavy atom. The number of amides is 1. The predicted molar refractivity (Wildman–Crippen MR) is 102 cm³/mol. The molecule has 1 aliphatic rings. The third kappa shape index (κ3) is 4.62. The number of hydrogen-bond acceptors (Lipinski definition) is 4. The third-order valence-electron chi connectivity index (χ3n) is 5.48. The summed E-state index contributed by atoms with van der Waals surface area (Å²) < 4.78 is 12.6. The summed E-state index contributed by atoms with van der Waals surface area (Å²) in [6.45, 7) is 6.27. The smallest absolute Gasteiger partial charge is 0.340 e. The number of rotatable bonds is 6. The molecule has 0 unspecified atom stereocenters. The molecule has 0 saturated heterocycles. The molecule has 3 rings (SSSR count). The Morgan fingerprint density at radius 2 is 2.07 bits per heavy atom. The fourth-order valence-electron chi connectivity index (χ4n) is 3.80. The topological polar surface area (TPSA) is 73.5 Å². The summed E-state index contributed by atoms with van der Waals surface area (Å²) in [5, 5.41) is 3.00. The van der Waals surface area contributed by atoms with Crippen LogP contribution in [0.15, 0.2) is 28.9 Å². The molecular weight excluding hydrogens is 344 g/mol. The largest absolute Gasteiger partial charge is 0.467 e. The fraction of sp³-hybridized carbons (Fsp3) is 0.524. The normalized spacial score (nSPS) is 19.7. The van der Waals surface area contributed by atoms with Crippen molar-refractivity contribution in [2.24, 2.45) is 5.92 Å². The van der Waals surface area contributed by atoms with Gasteiger partial charge in [0, 0.05) is 17.4 Å². The number of nitrogens with one attached hydrogen (secondary N) is 1. The summed E-state index contributed by atoms with van der Waals surface area (Å²) in [7, 11) is 0. The Hall–Kier alpha value is -2.50. The average molecular weight is 372 g/mol. The molecule has 0 aromatic carbocycles. The van der Waals surface area contributed by atoms with Gasteiger partial charge in [-0.05, 0) is 50.8 Å². The molecule has 6 nitrogen and oxygen atoms in total. The number of aromatic nitrogens is 1. The standard InChI is InChI=1S/C21H28N2O4/c1-14-7-4-5-9-19(14)22-20(24)13-27-21(25)18-11-15(2)23(16(18)3)12-17-8-6-10-26-17/h6,8,10-11,14,19H,4-5,7,9,12-13H2,1-3H3,(H,22,24)/t14-,19+/m0/s1. The first-order valence-electron chi connectivity index (χ1n) is 9.61. The second kappa shape index (κ2) is 8.46. The average Bonchev–Trinajstić information content (AvgIpc) is 3.25. The van der Waals surface area contributed by atoms with E-state index in [0.717, 1.165) is 36.4 Å². The first-order chi connectivity index (χ1) is 13.0. The van der Waals surface area contributed by atoms with E-state index in [2.05, 4.69) is 12.2 Å². The molecule has 27 heavy (non-hydrogen) atoms. The van der Waals surface area contributed by atoms with Gasteiger partial charge in [0.05, 0.1) is 18.4 Å². The molecule has 1 aliphatic carbocycles. The maximum atomic E-state index is 12.5. The van der Waals surface area contributed by atoms with E-state index in [4.69, 9.17) is 9.15 Å². The minimum absolute atomic E-state index is 0.184. The molecule has 2 aromatic heterocycles. The van der Waals surface area contributed by atoms with Crippen molar-refractivity contribution in [2.75, 3.05) is 6.61 Å². The van der Waals surface area contributed by atoms with Crippen LogP contribution < -0.4 is 5.32 Å². The maximum Gasteiger partial charge on any atom is 0.340 e. The molecule has 0 spiro atoms. The number of hydrogen-bond donors (Lipinski definition) is 1. The van der Waals surface area contributed by atoms with Gasteiger partial charge in [-0.3, -0.25) is 4.79 Å². The monoisotopic (exact) mass is 372 g/mol. The zero-order valence-corrected chi connectivity index (χ0v) is 16.3. The lowest BCUT2D eigenvalue weighted by Crippen LogP contribution is -2.42. The quantitative estimate of drug-likeness (QED) is 0.787. The van der Waals surface area contributed by atoms with Crippen LogP contribution in [0.25, 0.3) is 0 Å². The van der Waals surface area contributed by atoms with Crippen LogP contribution in [0, 0.1) is 19.8 Å². The number of aryl methyl sites for hydroxylation is 1. The zero-order chi connectivity index (χ0) is 19.4. The zero-order valence-electron chi connectivity index (χ0n) is 16.3. The van der Waals surface area contributed by atoms with Gasteiger partial charge in [0.2, 0.25) is 0 Å². The van der Waals surface area contributed by atoms with Crippen LogP contribution >= 0.6 is 0 Å². The molecule has 146 valence electrons. The highest BCUT2D eigenvalue weighted by molar-refractivity contribution is 5.92. The van der Waals surface area contributed by atoms with Gasteiger partial charge in [-0.15, -0.1) is 0 Å². The highest BCUT2D eigenvalue weighted by Gasteiger charge is 2.24. The number of ether oxygens (including phenoxy) is 1. The molecule has 2 atom stereocenters. The summed E-state index contributed by atoms with van der Waals surface area (Å²) in [6.07, 6.45) is 6.11. The molecule has 2 aromatic rings. The Bertz CT molecular complexity index is 791. The molecule has 1 fully saturated rings. The van der Waals surface area contributed by atoms with Crippen molar-refractivity contribution < 1.29 is 18.7 Å². The molecule has 6 heteroatoms. The number of carbonyl (C=O) groups excluding carboxylic acids is 2. The van der Waals surface area contributed by atoms with Gasteiger partial charge in [0.1, 0.15) is 5.76 Å². The van der Waals surface area contributed by atoms with E-state index in [9.17, 15) is 9.59 Å². The molecule has 1 amide bonds. The Kier molecular flexibility index (Phi) is 6.04. The highest BCUT2D eigenvalue weighted by Crippen LogP contribution is 2.23. The number of nitrogens with zero attached hydrogens (tertiary/aromatic N) is 1. The van der Waals surface area contributed by atoms with Crippen molar-refractivity contribution in [2.45, 2.75) is 59.0 Å². The van der Waals surface area contributed by atoms with Gasteiger partial charge in [-0.2, -0.15) is 0 Å². The number of esters is 1. The van der Waals surface area contributed by atoms with Crippen LogP contribution in [-0.2, 0) is 16.1 Å². The number of furan rings is 1. The molecule has 0 radical (unpaired) electrons. The minimum Gasteiger partial charge on any atom is -0.467 e. The molecule has 0 bridgehead atoms. The van der Waals surface area contributed by atoms with Gasteiger partial charge in [-0.1, -0.05) is 19.8 Å². The Balaban J connectivity index is 1.57. The van der Waals surface area contributed by atoms with E-state index in [1.807, 2.05) is 30.5 Å². The molecule has 1 saturated carbocycles. The fourth-order valence-corrected chi connectivity index (χ4v) is 3.80. The summed E-state index contributed by atoms with van der Waals surface area (Å²) in [5.41, 5.74) is 2.23. The lowest BCUT2D eigenvalue weighted by molar-refractivity contribution is -0.125. The molecule has 0 aliphatic heterocycles. The van der Waals surface area contributed by atoms with Gasteiger partial charge >= 0.3 is 5.97 Å². The minimum atomic E-state index is -0.472. The molecule has 2 heterocycles. The van der Waals surface area contributed by atoms with Gasteiger partial charge in [0.15, 0.2) is 6.61 Å². The van der Waals surface area contributed by atoms with Crippen LogP contribution in [0.1, 0.15) is 60.1 Å². The van der Waals surface area contributed by atoms with Crippen LogP contribution in [0.4, 0.5) is 0 Å². The van der Waals surface area contributed by atoms with E-state index in [-0.39, 0.29) is 18.6 Å². The summed E-state index contributed by atoms with van der Waals surface area (Å²) in [6, 6.07) is 5.71. The first kappa shape index (κ1) is 19.3. The van der Waals surface area contributed by atoms with Crippen molar-refractivity contribution in [1.82, 2.24) is 9.88 Å². The summed E-state index contributed by atoms with van der Waals surface area (Å²) >= 11 is 0. The van der Waals surface area contributed by atoms with Crippen molar-refractivity contribution >= 4 is 11.9 Å². The van der Waals surface area contributed by atoms with Crippen LogP contribution in [0.5, 0.6) is 0 Å². The van der Waals surface area contributed by atoms with E-state index in [1.165, 1.54) is 6.42 Å². The maximum absolute atomic E-state index is 12.5. The van der Waals surface area contributed by atoms with E-state index < -0.39 is 5.97 Å². The van der Waals surface area contributed by atoms with E-state index in [0.29, 0.717) is 18.0 Å². The SMILES string of the molecule is Cc1cc(C(=O)OCC(=O)N[C@@H]2CCCC[C@@H]2C)c(C)n1Cc1ccco1. The molecule has 1 N–H and O–H groups in total. The second-order valence-electron chi connectivity index (χ2n) is 7.46. The van der Waals surface area contributed by atoms with Crippen LogP contribution in [0.3, 0.4) is 0 Å². The predicted octanol–water partition coefficient (Wildman–Crippen LogP) is 3.60.